The Balaban J connectivity index is 1.64. The molecule has 0 saturated heterocycles. The molecular weight excluding hydrogens is 436 g/mol. The number of methoxy groups -OCH3 is 2. The number of benzene rings is 3. The number of hydrogen-bond acceptors (Lipinski definition) is 3. The van der Waals surface area contributed by atoms with E-state index in [1.54, 1.807) is 14.2 Å². The summed E-state index contributed by atoms with van der Waals surface area (Å²) < 4.78 is 11.4. The monoisotopic (exact) mass is 466 g/mol. The number of carbonyl (C=O) groups is 1. The topological polar surface area (TPSA) is 54.6 Å². The van der Waals surface area contributed by atoms with Gasteiger partial charge >= 0.3 is 0 Å². The van der Waals surface area contributed by atoms with E-state index in [1.165, 1.54) is 19.3 Å². The third kappa shape index (κ3) is 3.49. The summed E-state index contributed by atoms with van der Waals surface area (Å²) >= 11 is 0. The molecule has 1 aliphatic heterocycles. The van der Waals surface area contributed by atoms with Gasteiger partial charge in [0.25, 0.3) is 5.91 Å². The third-order valence-corrected chi connectivity index (χ3v) is 7.66. The number of ether oxygens (including phenoxy) is 2. The highest BCUT2D eigenvalue weighted by Crippen LogP contribution is 2.49. The molecule has 2 aliphatic rings. The molecule has 3 aromatic carbocycles. The lowest BCUT2D eigenvalue weighted by molar-refractivity contribution is 0.0614. The molecule has 1 aromatic heterocycles. The Kier molecular flexibility index (Phi) is 5.48. The second-order valence-electron chi connectivity index (χ2n) is 9.52. The first kappa shape index (κ1) is 21.8. The zero-order valence-electron chi connectivity index (χ0n) is 20.2. The first-order valence-corrected chi connectivity index (χ1v) is 12.5. The van der Waals surface area contributed by atoms with Crippen molar-refractivity contribution in [2.45, 2.75) is 44.2 Å². The number of nitrogens with one attached hydrogen (secondary N) is 1. The maximum atomic E-state index is 13.9. The van der Waals surface area contributed by atoms with Gasteiger partial charge in [-0.25, -0.2) is 0 Å². The second-order valence-corrected chi connectivity index (χ2v) is 9.52. The molecule has 0 spiro atoms. The lowest BCUT2D eigenvalue weighted by Gasteiger charge is -2.36. The number of hydrogen-bond donors (Lipinski definition) is 1. The van der Waals surface area contributed by atoms with Crippen molar-refractivity contribution in [2.24, 2.45) is 0 Å². The van der Waals surface area contributed by atoms with E-state index in [-0.39, 0.29) is 18.0 Å². The molecule has 1 fully saturated rings. The van der Waals surface area contributed by atoms with Crippen molar-refractivity contribution in [3.05, 3.63) is 83.4 Å². The van der Waals surface area contributed by atoms with Crippen LogP contribution in [-0.2, 0) is 0 Å². The van der Waals surface area contributed by atoms with E-state index in [4.69, 9.17) is 9.47 Å². The van der Waals surface area contributed by atoms with E-state index in [2.05, 4.69) is 34.1 Å². The van der Waals surface area contributed by atoms with E-state index < -0.39 is 0 Å². The summed E-state index contributed by atoms with van der Waals surface area (Å²) in [6, 6.07) is 22.4. The number of carbonyl (C=O) groups excluding carboxylic acids is 1. The molecule has 1 N–H and O–H groups in total. The molecule has 35 heavy (non-hydrogen) atoms. The Hall–Kier alpha value is -3.73. The number of fused-ring (bicyclic) bond motifs is 2. The van der Waals surface area contributed by atoms with Crippen LogP contribution in [0.3, 0.4) is 0 Å². The number of para-hydroxylation sites is 1. The summed E-state index contributed by atoms with van der Waals surface area (Å²) in [5.74, 6) is 1.67. The van der Waals surface area contributed by atoms with E-state index in [1.807, 2.05) is 42.5 Å². The highest BCUT2D eigenvalue weighted by atomic mass is 16.5. The quantitative estimate of drug-likeness (QED) is 0.355. The fourth-order valence-corrected chi connectivity index (χ4v) is 6.04. The molecule has 1 aliphatic carbocycles. The number of amides is 1. The summed E-state index contributed by atoms with van der Waals surface area (Å²) in [5.41, 5.74) is 5.96. The molecular formula is C30H30N2O3. The first-order valence-electron chi connectivity index (χ1n) is 12.5. The molecule has 0 bridgehead atoms. The summed E-state index contributed by atoms with van der Waals surface area (Å²) in [6.45, 7) is 0. The van der Waals surface area contributed by atoms with Crippen LogP contribution in [0.15, 0.2) is 66.7 Å². The number of H-pyrrole nitrogens is 1. The van der Waals surface area contributed by atoms with Gasteiger partial charge in [-0.15, -0.1) is 0 Å². The second kappa shape index (κ2) is 8.81. The predicted molar refractivity (Wildman–Crippen MR) is 138 cm³/mol. The van der Waals surface area contributed by atoms with Crippen LogP contribution in [0.25, 0.3) is 22.2 Å². The van der Waals surface area contributed by atoms with Gasteiger partial charge in [0.1, 0.15) is 11.5 Å². The van der Waals surface area contributed by atoms with Gasteiger partial charge in [-0.05, 0) is 48.7 Å². The average molecular weight is 467 g/mol. The lowest BCUT2D eigenvalue weighted by atomic mass is 9.89. The zero-order chi connectivity index (χ0) is 23.9. The Morgan fingerprint density at radius 1 is 0.857 bits per heavy atom. The van der Waals surface area contributed by atoms with E-state index in [0.717, 1.165) is 63.2 Å². The third-order valence-electron chi connectivity index (χ3n) is 7.66. The van der Waals surface area contributed by atoms with Crippen LogP contribution in [0.1, 0.15) is 59.6 Å². The van der Waals surface area contributed by atoms with Crippen LogP contribution < -0.4 is 9.47 Å². The van der Waals surface area contributed by atoms with E-state index in [9.17, 15) is 4.79 Å². The van der Waals surface area contributed by atoms with Crippen molar-refractivity contribution in [1.29, 1.82) is 0 Å². The standard InChI is InChI=1S/C30H30N2O3/c1-34-20-16-17-26(35-2)24(18-20)28-27(23-14-8-9-15-25(23)31-28)29-21-12-6-7-13-22(21)30(33)32(29)19-10-4-3-5-11-19/h6-9,12-19,29,31H,3-5,10-11H2,1-2H3. The molecule has 1 amide bonds. The maximum Gasteiger partial charge on any atom is 0.255 e. The molecule has 1 saturated carbocycles. The number of aromatic nitrogens is 1. The normalized spacial score (nSPS) is 18.2. The molecule has 1 atom stereocenters. The minimum absolute atomic E-state index is 0.145. The van der Waals surface area contributed by atoms with Gasteiger partial charge in [-0.3, -0.25) is 4.79 Å². The van der Waals surface area contributed by atoms with E-state index >= 15 is 0 Å². The molecule has 6 rings (SSSR count). The Morgan fingerprint density at radius 3 is 2.43 bits per heavy atom. The van der Waals surface area contributed by atoms with Crippen molar-refractivity contribution in [3.8, 4) is 22.8 Å². The van der Waals surface area contributed by atoms with Gasteiger partial charge in [0, 0.05) is 33.6 Å². The van der Waals surface area contributed by atoms with Gasteiger partial charge in [-0.2, -0.15) is 0 Å². The van der Waals surface area contributed by atoms with Gasteiger partial charge in [0.2, 0.25) is 0 Å². The minimum atomic E-state index is -0.163. The van der Waals surface area contributed by atoms with Crippen LogP contribution in [0.2, 0.25) is 0 Å². The summed E-state index contributed by atoms with van der Waals surface area (Å²) in [6.07, 6.45) is 5.69. The van der Waals surface area contributed by atoms with Gasteiger partial charge in [0.05, 0.1) is 26.0 Å². The molecule has 178 valence electrons. The van der Waals surface area contributed by atoms with Crippen LogP contribution in [-0.4, -0.2) is 36.1 Å². The maximum absolute atomic E-state index is 13.9. The van der Waals surface area contributed by atoms with Gasteiger partial charge < -0.3 is 19.4 Å². The highest BCUT2D eigenvalue weighted by Gasteiger charge is 2.43. The number of nitrogens with zero attached hydrogens (tertiary/aromatic N) is 1. The van der Waals surface area contributed by atoms with Crippen LogP contribution >= 0.6 is 0 Å². The Labute approximate surface area is 205 Å². The van der Waals surface area contributed by atoms with Crippen LogP contribution in [0.4, 0.5) is 0 Å². The SMILES string of the molecule is COc1ccc(OC)c(-c2[nH]c3ccccc3c2C2c3ccccc3C(=O)N2C2CCCCC2)c1. The lowest BCUT2D eigenvalue weighted by Crippen LogP contribution is -2.40. The molecule has 4 aromatic rings. The predicted octanol–water partition coefficient (Wildman–Crippen LogP) is 6.73. The van der Waals surface area contributed by atoms with Crippen molar-refractivity contribution in [3.63, 3.8) is 0 Å². The zero-order valence-corrected chi connectivity index (χ0v) is 20.2. The summed E-state index contributed by atoms with van der Waals surface area (Å²) in [4.78, 5) is 19.7. The molecule has 1 unspecified atom stereocenters. The van der Waals surface area contributed by atoms with Gasteiger partial charge in [0.15, 0.2) is 0 Å². The average Bonchev–Trinajstić information content (AvgIpc) is 3.43. The highest BCUT2D eigenvalue weighted by molar-refractivity contribution is 6.02. The molecule has 2 heterocycles. The molecule has 5 heteroatoms. The summed E-state index contributed by atoms with van der Waals surface area (Å²) in [7, 11) is 3.37. The smallest absolute Gasteiger partial charge is 0.255 e. The van der Waals surface area contributed by atoms with Crippen molar-refractivity contribution < 1.29 is 14.3 Å². The van der Waals surface area contributed by atoms with Crippen LogP contribution in [0.5, 0.6) is 11.5 Å². The first-order chi connectivity index (χ1) is 17.2. The summed E-state index contributed by atoms with van der Waals surface area (Å²) in [5, 5.41) is 1.13. The Bertz CT molecular complexity index is 1400. The molecule has 0 radical (unpaired) electrons. The van der Waals surface area contributed by atoms with Gasteiger partial charge in [-0.1, -0.05) is 55.7 Å². The Morgan fingerprint density at radius 2 is 1.63 bits per heavy atom. The van der Waals surface area contributed by atoms with E-state index in [0.29, 0.717) is 0 Å². The minimum Gasteiger partial charge on any atom is -0.497 e. The van der Waals surface area contributed by atoms with Crippen molar-refractivity contribution >= 4 is 16.8 Å². The fourth-order valence-electron chi connectivity index (χ4n) is 6.04. The van der Waals surface area contributed by atoms with Crippen molar-refractivity contribution in [2.75, 3.05) is 14.2 Å². The number of rotatable bonds is 5. The van der Waals surface area contributed by atoms with Crippen LogP contribution in [0, 0.1) is 0 Å². The van der Waals surface area contributed by atoms with Crippen molar-refractivity contribution in [1.82, 2.24) is 9.88 Å². The fraction of sp³-hybridized carbons (Fsp3) is 0.300. The largest absolute Gasteiger partial charge is 0.497 e. The molecule has 5 nitrogen and oxygen atoms in total. The number of aromatic amines is 1.